The summed E-state index contributed by atoms with van der Waals surface area (Å²) < 4.78 is 4.82. The summed E-state index contributed by atoms with van der Waals surface area (Å²) in [5, 5.41) is 11.7. The Kier molecular flexibility index (Phi) is 2.35. The average Bonchev–Trinajstić information content (AvgIpc) is 2.42. The summed E-state index contributed by atoms with van der Waals surface area (Å²) in [6.45, 7) is 3.92. The maximum atomic E-state index is 11.3. The Morgan fingerprint density at radius 1 is 1.58 bits per heavy atom. The largest absolute Gasteiger partial charge is 0.459 e. The second kappa shape index (κ2) is 3.13. The van der Waals surface area contributed by atoms with Crippen LogP contribution < -0.4 is 0 Å². The predicted molar refractivity (Wildman–Crippen MR) is 43.2 cm³/mol. The van der Waals surface area contributed by atoms with Crippen molar-refractivity contribution in [1.82, 2.24) is 0 Å². The number of esters is 1. The Labute approximate surface area is 71.2 Å². The van der Waals surface area contributed by atoms with Crippen molar-refractivity contribution in [2.24, 2.45) is 10.6 Å². The lowest BCUT2D eigenvalue weighted by Gasteiger charge is -2.19. The molecular formula is C8H13NO3. The number of hydrogen-bond donors (Lipinski definition) is 1. The number of rotatable bonds is 2. The Balaban J connectivity index is 3.02. The average molecular weight is 171 g/mol. The molecule has 0 atom stereocenters. The maximum Gasteiger partial charge on any atom is 0.318 e. The van der Waals surface area contributed by atoms with E-state index in [-0.39, 0.29) is 12.6 Å². The fourth-order valence-electron chi connectivity index (χ4n) is 1.60. The second-order valence-electron chi connectivity index (χ2n) is 2.91. The lowest BCUT2D eigenvalue weighted by atomic mass is 9.80. The molecule has 0 aromatic heterocycles. The van der Waals surface area contributed by atoms with Crippen LogP contribution in [0.5, 0.6) is 0 Å². The van der Waals surface area contributed by atoms with E-state index in [2.05, 4.69) is 5.16 Å². The number of carbonyl (C=O) groups is 1. The molecule has 1 saturated heterocycles. The van der Waals surface area contributed by atoms with Crippen LogP contribution in [-0.2, 0) is 9.53 Å². The van der Waals surface area contributed by atoms with Gasteiger partial charge in [0.15, 0.2) is 0 Å². The number of cyclic esters (lactones) is 1. The molecule has 1 aliphatic heterocycles. The highest BCUT2D eigenvalue weighted by Crippen LogP contribution is 2.34. The van der Waals surface area contributed by atoms with Crippen molar-refractivity contribution in [1.29, 1.82) is 0 Å². The van der Waals surface area contributed by atoms with E-state index in [1.165, 1.54) is 0 Å². The van der Waals surface area contributed by atoms with Gasteiger partial charge in [0.25, 0.3) is 0 Å². The summed E-state index contributed by atoms with van der Waals surface area (Å²) in [5.41, 5.74) is -0.202. The van der Waals surface area contributed by atoms with Gasteiger partial charge in [-0.2, -0.15) is 0 Å². The molecule has 0 aliphatic carbocycles. The molecule has 0 spiro atoms. The van der Waals surface area contributed by atoms with Crippen molar-refractivity contribution in [3.8, 4) is 0 Å². The molecule has 12 heavy (non-hydrogen) atoms. The standard InChI is InChI=1S/C8H13NO3/c1-3-8(4-2)6(9-11)5-12-7(8)10/h11H,3-5H2,1-2H3/b9-6-. The van der Waals surface area contributed by atoms with E-state index < -0.39 is 5.41 Å². The number of ether oxygens (including phenoxy) is 1. The van der Waals surface area contributed by atoms with Crippen molar-refractivity contribution < 1.29 is 14.7 Å². The van der Waals surface area contributed by atoms with Crippen LogP contribution in [0.4, 0.5) is 0 Å². The van der Waals surface area contributed by atoms with E-state index >= 15 is 0 Å². The van der Waals surface area contributed by atoms with Crippen molar-refractivity contribution >= 4 is 11.7 Å². The molecule has 1 aliphatic rings. The molecule has 1 fully saturated rings. The van der Waals surface area contributed by atoms with Crippen LogP contribution in [0.2, 0.25) is 0 Å². The Bertz CT molecular complexity index is 218. The highest BCUT2D eigenvalue weighted by molar-refractivity contribution is 6.11. The maximum absolute atomic E-state index is 11.3. The van der Waals surface area contributed by atoms with Crippen LogP contribution in [0, 0.1) is 5.41 Å². The Morgan fingerprint density at radius 3 is 2.50 bits per heavy atom. The molecule has 0 amide bonds. The van der Waals surface area contributed by atoms with Gasteiger partial charge in [0.1, 0.15) is 17.7 Å². The zero-order valence-electron chi connectivity index (χ0n) is 7.33. The zero-order chi connectivity index (χ0) is 9.19. The Morgan fingerprint density at radius 2 is 2.17 bits per heavy atom. The van der Waals surface area contributed by atoms with Crippen LogP contribution in [0.1, 0.15) is 26.7 Å². The number of nitrogens with zero attached hydrogens (tertiary/aromatic N) is 1. The van der Waals surface area contributed by atoms with E-state index in [9.17, 15) is 4.79 Å². The molecule has 0 saturated carbocycles. The number of carbonyl (C=O) groups excluding carboxylic acids is 1. The monoisotopic (exact) mass is 171 g/mol. The molecule has 0 unspecified atom stereocenters. The van der Waals surface area contributed by atoms with Gasteiger partial charge in [-0.25, -0.2) is 0 Å². The van der Waals surface area contributed by atoms with E-state index in [0.717, 1.165) is 0 Å². The second-order valence-corrected chi connectivity index (χ2v) is 2.91. The van der Waals surface area contributed by atoms with Crippen molar-refractivity contribution in [3.63, 3.8) is 0 Å². The third-order valence-electron chi connectivity index (χ3n) is 2.61. The molecule has 68 valence electrons. The van der Waals surface area contributed by atoms with Crippen molar-refractivity contribution in [2.45, 2.75) is 26.7 Å². The summed E-state index contributed by atoms with van der Waals surface area (Å²) in [6, 6.07) is 0. The van der Waals surface area contributed by atoms with E-state index in [1.54, 1.807) is 0 Å². The van der Waals surface area contributed by atoms with Gasteiger partial charge in [-0.15, -0.1) is 0 Å². The first kappa shape index (κ1) is 9.03. The quantitative estimate of drug-likeness (QED) is 0.385. The molecule has 4 nitrogen and oxygen atoms in total. The van der Waals surface area contributed by atoms with Gasteiger partial charge in [0.05, 0.1) is 0 Å². The van der Waals surface area contributed by atoms with Crippen LogP contribution in [-0.4, -0.2) is 23.5 Å². The van der Waals surface area contributed by atoms with E-state index in [1.807, 2.05) is 13.8 Å². The molecule has 4 heteroatoms. The lowest BCUT2D eigenvalue weighted by molar-refractivity contribution is -0.146. The third kappa shape index (κ3) is 0.983. The van der Waals surface area contributed by atoms with Gasteiger partial charge >= 0.3 is 5.97 Å². The Hall–Kier alpha value is -1.06. The van der Waals surface area contributed by atoms with Crippen LogP contribution in [0.15, 0.2) is 5.16 Å². The molecule has 1 rings (SSSR count). The highest BCUT2D eigenvalue weighted by Gasteiger charge is 2.47. The van der Waals surface area contributed by atoms with Gasteiger partial charge in [-0.05, 0) is 12.8 Å². The van der Waals surface area contributed by atoms with Gasteiger partial charge in [-0.3, -0.25) is 4.79 Å². The molecule has 0 aromatic rings. The normalized spacial score (nSPS) is 24.5. The molecule has 0 bridgehead atoms. The molecule has 1 N–H and O–H groups in total. The topological polar surface area (TPSA) is 58.9 Å². The summed E-state index contributed by atoms with van der Waals surface area (Å²) in [6.07, 6.45) is 1.25. The van der Waals surface area contributed by atoms with Gasteiger partial charge in [-0.1, -0.05) is 19.0 Å². The van der Waals surface area contributed by atoms with Crippen LogP contribution in [0.3, 0.4) is 0 Å². The highest BCUT2D eigenvalue weighted by atomic mass is 16.5. The minimum Gasteiger partial charge on any atom is -0.459 e. The first-order chi connectivity index (χ1) is 5.71. The van der Waals surface area contributed by atoms with Crippen molar-refractivity contribution in [3.05, 3.63) is 0 Å². The lowest BCUT2D eigenvalue weighted by Crippen LogP contribution is -2.32. The minimum absolute atomic E-state index is 0.136. The van der Waals surface area contributed by atoms with Crippen molar-refractivity contribution in [2.75, 3.05) is 6.61 Å². The molecule has 0 aromatic carbocycles. The molecule has 0 radical (unpaired) electrons. The molecule has 1 heterocycles. The zero-order valence-corrected chi connectivity index (χ0v) is 7.33. The first-order valence-electron chi connectivity index (χ1n) is 4.10. The fourth-order valence-corrected chi connectivity index (χ4v) is 1.60. The first-order valence-corrected chi connectivity index (χ1v) is 4.10. The summed E-state index contributed by atoms with van der Waals surface area (Å²) in [4.78, 5) is 11.3. The smallest absolute Gasteiger partial charge is 0.318 e. The van der Waals surface area contributed by atoms with Gasteiger partial charge < -0.3 is 9.94 Å². The van der Waals surface area contributed by atoms with Crippen LogP contribution >= 0.6 is 0 Å². The predicted octanol–water partition coefficient (Wildman–Crippen LogP) is 1.18. The fraction of sp³-hybridized carbons (Fsp3) is 0.750. The summed E-state index contributed by atoms with van der Waals surface area (Å²) in [5.74, 6) is -0.264. The molecular weight excluding hydrogens is 158 g/mol. The van der Waals surface area contributed by atoms with E-state index in [4.69, 9.17) is 9.94 Å². The van der Waals surface area contributed by atoms with Crippen LogP contribution in [0.25, 0.3) is 0 Å². The van der Waals surface area contributed by atoms with Gasteiger partial charge in [0, 0.05) is 0 Å². The third-order valence-corrected chi connectivity index (χ3v) is 2.61. The van der Waals surface area contributed by atoms with E-state index in [0.29, 0.717) is 18.6 Å². The summed E-state index contributed by atoms with van der Waals surface area (Å²) in [7, 11) is 0. The number of hydrogen-bond acceptors (Lipinski definition) is 4. The van der Waals surface area contributed by atoms with Gasteiger partial charge in [0.2, 0.25) is 0 Å². The minimum atomic E-state index is -0.658. The summed E-state index contributed by atoms with van der Waals surface area (Å²) >= 11 is 0. The SMILES string of the molecule is CCC1(CC)C(=O)OC/C1=N/O. The number of oxime groups is 1.